The fourth-order valence-corrected chi connectivity index (χ4v) is 2.71. The fourth-order valence-electron chi connectivity index (χ4n) is 1.90. The molecule has 1 amide bonds. The van der Waals surface area contributed by atoms with E-state index >= 15 is 0 Å². The summed E-state index contributed by atoms with van der Waals surface area (Å²) in [6, 6.07) is 7.74. The fraction of sp³-hybridized carbons (Fsp3) is 0.333. The molecule has 112 valence electrons. The highest BCUT2D eigenvalue weighted by Crippen LogP contribution is 2.18. The molecule has 2 aromatic rings. The van der Waals surface area contributed by atoms with Gasteiger partial charge in [0, 0.05) is 37.3 Å². The topological polar surface area (TPSA) is 71.2 Å². The Balaban J connectivity index is 1.96. The number of benzene rings is 1. The number of nitrogens with one attached hydrogen (secondary N) is 1. The Labute approximate surface area is 128 Å². The molecule has 0 spiro atoms. The van der Waals surface area contributed by atoms with Crippen LogP contribution in [0.4, 0.5) is 11.4 Å². The monoisotopic (exact) mass is 304 g/mol. The van der Waals surface area contributed by atoms with Gasteiger partial charge in [-0.1, -0.05) is 6.07 Å². The van der Waals surface area contributed by atoms with Gasteiger partial charge < -0.3 is 16.0 Å². The van der Waals surface area contributed by atoms with E-state index in [1.54, 1.807) is 11.3 Å². The Morgan fingerprint density at radius 3 is 2.95 bits per heavy atom. The molecule has 1 heterocycles. The Morgan fingerprint density at radius 1 is 1.43 bits per heavy atom. The van der Waals surface area contributed by atoms with Crippen molar-refractivity contribution in [1.29, 1.82) is 0 Å². The van der Waals surface area contributed by atoms with Crippen LogP contribution in [-0.4, -0.2) is 31.5 Å². The maximum absolute atomic E-state index is 12.0. The molecule has 0 atom stereocenters. The molecule has 21 heavy (non-hydrogen) atoms. The van der Waals surface area contributed by atoms with Crippen LogP contribution in [0.15, 0.2) is 29.6 Å². The van der Waals surface area contributed by atoms with Crippen LogP contribution >= 0.6 is 11.3 Å². The van der Waals surface area contributed by atoms with Crippen LogP contribution in [0.25, 0.3) is 0 Å². The largest absolute Gasteiger partial charge is 0.378 e. The first kappa shape index (κ1) is 15.5. The Bertz CT molecular complexity index is 609. The van der Waals surface area contributed by atoms with Crippen LogP contribution in [-0.2, 0) is 17.6 Å². The van der Waals surface area contributed by atoms with Crippen molar-refractivity contribution in [3.8, 4) is 0 Å². The third-order valence-electron chi connectivity index (χ3n) is 2.95. The van der Waals surface area contributed by atoms with Gasteiger partial charge in [-0.25, -0.2) is 4.98 Å². The van der Waals surface area contributed by atoms with Crippen molar-refractivity contribution in [2.45, 2.75) is 12.8 Å². The lowest BCUT2D eigenvalue weighted by Crippen LogP contribution is -2.15. The molecule has 0 radical (unpaired) electrons. The molecule has 1 aromatic heterocycles. The van der Waals surface area contributed by atoms with Crippen molar-refractivity contribution < 1.29 is 4.79 Å². The lowest BCUT2D eigenvalue weighted by Gasteiger charge is -2.13. The molecule has 1 aromatic carbocycles. The van der Waals surface area contributed by atoms with E-state index in [1.165, 1.54) is 0 Å². The van der Waals surface area contributed by atoms with Crippen LogP contribution in [0, 0.1) is 0 Å². The average Bonchev–Trinajstić information content (AvgIpc) is 2.86. The summed E-state index contributed by atoms with van der Waals surface area (Å²) in [5, 5.41) is 5.80. The molecule has 0 aliphatic carbocycles. The van der Waals surface area contributed by atoms with Gasteiger partial charge in [0.1, 0.15) is 0 Å². The molecular weight excluding hydrogens is 284 g/mol. The van der Waals surface area contributed by atoms with Crippen molar-refractivity contribution in [2.24, 2.45) is 5.73 Å². The molecule has 0 saturated carbocycles. The smallest absolute Gasteiger partial charge is 0.230 e. The quantitative estimate of drug-likeness (QED) is 0.855. The second-order valence-corrected chi connectivity index (χ2v) is 5.88. The van der Waals surface area contributed by atoms with Crippen LogP contribution in [0.5, 0.6) is 0 Å². The normalized spacial score (nSPS) is 10.4. The third-order valence-corrected chi connectivity index (χ3v) is 3.90. The van der Waals surface area contributed by atoms with Gasteiger partial charge in [-0.3, -0.25) is 4.79 Å². The number of aromatic nitrogens is 1. The van der Waals surface area contributed by atoms with Gasteiger partial charge in [-0.2, -0.15) is 0 Å². The molecule has 3 N–H and O–H groups in total. The van der Waals surface area contributed by atoms with Crippen LogP contribution < -0.4 is 16.0 Å². The van der Waals surface area contributed by atoms with Gasteiger partial charge in [-0.05, 0) is 24.7 Å². The van der Waals surface area contributed by atoms with E-state index in [1.807, 2.05) is 48.6 Å². The Kier molecular flexibility index (Phi) is 5.30. The number of rotatable bonds is 6. The van der Waals surface area contributed by atoms with Crippen molar-refractivity contribution in [1.82, 2.24) is 4.98 Å². The summed E-state index contributed by atoms with van der Waals surface area (Å²) in [4.78, 5) is 18.4. The zero-order chi connectivity index (χ0) is 15.2. The van der Waals surface area contributed by atoms with Gasteiger partial charge in [0.15, 0.2) is 0 Å². The summed E-state index contributed by atoms with van der Waals surface area (Å²) < 4.78 is 0. The third kappa shape index (κ3) is 4.54. The zero-order valence-corrected chi connectivity index (χ0v) is 13.1. The number of carbonyl (C=O) groups excluding carboxylic acids is 1. The van der Waals surface area contributed by atoms with Crippen molar-refractivity contribution in [3.63, 3.8) is 0 Å². The first-order valence-corrected chi connectivity index (χ1v) is 7.67. The molecule has 0 unspecified atom stereocenters. The zero-order valence-electron chi connectivity index (χ0n) is 12.3. The van der Waals surface area contributed by atoms with Crippen molar-refractivity contribution in [2.75, 3.05) is 30.9 Å². The number of hydrogen-bond donors (Lipinski definition) is 2. The summed E-state index contributed by atoms with van der Waals surface area (Å²) in [5.41, 5.74) is 8.13. The highest BCUT2D eigenvalue weighted by molar-refractivity contribution is 7.09. The minimum Gasteiger partial charge on any atom is -0.378 e. The van der Waals surface area contributed by atoms with Gasteiger partial charge >= 0.3 is 0 Å². The predicted octanol–water partition coefficient (Wildman–Crippen LogP) is 1.89. The van der Waals surface area contributed by atoms with Gasteiger partial charge in [0.2, 0.25) is 5.91 Å². The molecule has 0 saturated heterocycles. The van der Waals surface area contributed by atoms with Crippen LogP contribution in [0.3, 0.4) is 0 Å². The maximum atomic E-state index is 12.0. The van der Waals surface area contributed by atoms with E-state index in [9.17, 15) is 4.79 Å². The number of hydrogen-bond acceptors (Lipinski definition) is 5. The number of amides is 1. The first-order valence-electron chi connectivity index (χ1n) is 6.79. The maximum Gasteiger partial charge on any atom is 0.230 e. The number of carbonyl (C=O) groups is 1. The highest BCUT2D eigenvalue weighted by Gasteiger charge is 2.08. The minimum absolute atomic E-state index is 0.0597. The van der Waals surface area contributed by atoms with E-state index < -0.39 is 0 Å². The van der Waals surface area contributed by atoms with E-state index in [0.29, 0.717) is 6.54 Å². The average molecular weight is 304 g/mol. The molecule has 0 aliphatic rings. The highest BCUT2D eigenvalue weighted by atomic mass is 32.1. The summed E-state index contributed by atoms with van der Waals surface area (Å²) in [6.45, 7) is 0.580. The first-order chi connectivity index (χ1) is 10.1. The number of nitrogens with zero attached hydrogens (tertiary/aromatic N) is 2. The van der Waals surface area contributed by atoms with Gasteiger partial charge in [-0.15, -0.1) is 11.3 Å². The Hall–Kier alpha value is -1.92. The Morgan fingerprint density at radius 2 is 2.24 bits per heavy atom. The molecule has 5 nitrogen and oxygen atoms in total. The minimum atomic E-state index is -0.0597. The molecule has 6 heteroatoms. The molecule has 0 fully saturated rings. The van der Waals surface area contributed by atoms with Gasteiger partial charge in [0.05, 0.1) is 17.1 Å². The van der Waals surface area contributed by atoms with Crippen LogP contribution in [0.2, 0.25) is 0 Å². The van der Waals surface area contributed by atoms with E-state index in [2.05, 4.69) is 10.3 Å². The van der Waals surface area contributed by atoms with Crippen molar-refractivity contribution in [3.05, 3.63) is 40.3 Å². The molecular formula is C15H20N4OS. The number of nitrogens with two attached hydrogens (primary N) is 1. The van der Waals surface area contributed by atoms with Gasteiger partial charge in [0.25, 0.3) is 0 Å². The van der Waals surface area contributed by atoms with E-state index in [4.69, 9.17) is 5.73 Å². The summed E-state index contributed by atoms with van der Waals surface area (Å²) >= 11 is 1.55. The number of thiazole rings is 1. The SMILES string of the molecule is CN(C)c1cccc(NC(=O)Cc2csc(CCN)n2)c1. The van der Waals surface area contributed by atoms with E-state index in [0.717, 1.165) is 28.5 Å². The lowest BCUT2D eigenvalue weighted by atomic mass is 10.2. The molecule has 0 bridgehead atoms. The van der Waals surface area contributed by atoms with Crippen LogP contribution in [0.1, 0.15) is 10.7 Å². The summed E-state index contributed by atoms with van der Waals surface area (Å²) in [5.74, 6) is -0.0597. The summed E-state index contributed by atoms with van der Waals surface area (Å²) in [7, 11) is 3.93. The number of anilines is 2. The molecule has 0 aliphatic heterocycles. The molecule has 2 rings (SSSR count). The van der Waals surface area contributed by atoms with Crippen molar-refractivity contribution >= 4 is 28.6 Å². The summed E-state index contributed by atoms with van der Waals surface area (Å²) in [6.07, 6.45) is 1.05. The van der Waals surface area contributed by atoms with E-state index in [-0.39, 0.29) is 12.3 Å². The second kappa shape index (κ2) is 7.19. The second-order valence-electron chi connectivity index (χ2n) is 4.94. The predicted molar refractivity (Wildman–Crippen MR) is 88.0 cm³/mol. The lowest BCUT2D eigenvalue weighted by molar-refractivity contribution is -0.115. The standard InChI is InChI=1S/C15H20N4OS/c1-19(2)13-5-3-4-11(8-13)17-14(20)9-12-10-21-15(18-12)6-7-16/h3-5,8,10H,6-7,9,16H2,1-2H3,(H,17,20).